The first-order valence-electron chi connectivity index (χ1n) is 6.77. The molecule has 1 aromatic rings. The Morgan fingerprint density at radius 3 is 2.16 bits per heavy atom. The average molecular weight is 273 g/mol. The zero-order chi connectivity index (χ0) is 13.7. The van der Waals surface area contributed by atoms with E-state index in [1.807, 2.05) is 24.3 Å². The topological polar surface area (TPSA) is 47.6 Å². The van der Waals surface area contributed by atoms with Crippen LogP contribution in [0.15, 0.2) is 24.3 Å². The Kier molecular flexibility index (Phi) is 4.46. The van der Waals surface area contributed by atoms with E-state index < -0.39 is 5.41 Å². The van der Waals surface area contributed by atoms with Crippen LogP contribution in [0.5, 0.6) is 0 Å². The van der Waals surface area contributed by atoms with E-state index in [0.717, 1.165) is 31.2 Å². The lowest BCUT2D eigenvalue weighted by Crippen LogP contribution is -2.31. The number of hydrogen-bond donors (Lipinski definition) is 0. The molecule has 0 spiro atoms. The van der Waals surface area contributed by atoms with E-state index in [2.05, 4.69) is 12.1 Å². The third kappa shape index (κ3) is 3.09. The van der Waals surface area contributed by atoms with Crippen molar-refractivity contribution in [2.45, 2.75) is 38.5 Å². The minimum Gasteiger partial charge on any atom is -0.197 e. The number of benzene rings is 1. The molecule has 0 heterocycles. The minimum absolute atomic E-state index is 0.201. The quantitative estimate of drug-likeness (QED) is 0.813. The average Bonchev–Trinajstić information content (AvgIpc) is 2.48. The van der Waals surface area contributed by atoms with Crippen molar-refractivity contribution in [3.63, 3.8) is 0 Å². The summed E-state index contributed by atoms with van der Waals surface area (Å²) in [6, 6.07) is 12.1. The highest BCUT2D eigenvalue weighted by atomic mass is 35.5. The Bertz CT molecular complexity index is 487. The third-order valence-corrected chi connectivity index (χ3v) is 4.35. The molecule has 0 aromatic heterocycles. The summed E-state index contributed by atoms with van der Waals surface area (Å²) in [6.45, 7) is 0. The zero-order valence-corrected chi connectivity index (χ0v) is 11.7. The maximum atomic E-state index is 9.55. The largest absolute Gasteiger partial charge is 0.197 e. The SMILES string of the molecule is N#CC(C#N)(Cc1ccc(Cl)cc1)C1CCCCC1. The van der Waals surface area contributed by atoms with Crippen molar-refractivity contribution in [2.24, 2.45) is 11.3 Å². The Morgan fingerprint density at radius 1 is 1.05 bits per heavy atom. The molecule has 3 heteroatoms. The van der Waals surface area contributed by atoms with Gasteiger partial charge in [0.1, 0.15) is 0 Å². The normalized spacial score (nSPS) is 16.6. The van der Waals surface area contributed by atoms with Crippen LogP contribution in [0.2, 0.25) is 5.02 Å². The van der Waals surface area contributed by atoms with E-state index in [1.54, 1.807) is 0 Å². The van der Waals surface area contributed by atoms with Crippen LogP contribution in [0.4, 0.5) is 0 Å². The van der Waals surface area contributed by atoms with Gasteiger partial charge in [-0.2, -0.15) is 10.5 Å². The predicted molar refractivity (Wildman–Crippen MR) is 75.4 cm³/mol. The maximum absolute atomic E-state index is 9.55. The molecule has 1 fully saturated rings. The van der Waals surface area contributed by atoms with Gasteiger partial charge in [0.05, 0.1) is 12.1 Å². The molecule has 1 aliphatic carbocycles. The smallest absolute Gasteiger partial charge is 0.150 e. The lowest BCUT2D eigenvalue weighted by atomic mass is 9.67. The van der Waals surface area contributed by atoms with Gasteiger partial charge in [-0.3, -0.25) is 0 Å². The fourth-order valence-electron chi connectivity index (χ4n) is 2.95. The molecule has 0 aliphatic heterocycles. The Balaban J connectivity index is 2.22. The van der Waals surface area contributed by atoms with Crippen LogP contribution >= 0.6 is 11.6 Å². The highest BCUT2D eigenvalue weighted by Crippen LogP contribution is 2.40. The zero-order valence-electron chi connectivity index (χ0n) is 10.9. The molecule has 1 saturated carbocycles. The second-order valence-electron chi connectivity index (χ2n) is 5.33. The number of hydrogen-bond acceptors (Lipinski definition) is 2. The Labute approximate surface area is 119 Å². The van der Waals surface area contributed by atoms with Crippen LogP contribution in [0.1, 0.15) is 37.7 Å². The molecular formula is C16H17ClN2. The molecule has 2 rings (SSSR count). The maximum Gasteiger partial charge on any atom is 0.150 e. The van der Waals surface area contributed by atoms with E-state index in [1.165, 1.54) is 6.42 Å². The van der Waals surface area contributed by atoms with Crippen molar-refractivity contribution in [1.82, 2.24) is 0 Å². The summed E-state index contributed by atoms with van der Waals surface area (Å²) in [4.78, 5) is 0. The van der Waals surface area contributed by atoms with Crippen molar-refractivity contribution in [3.05, 3.63) is 34.9 Å². The number of rotatable bonds is 3. The lowest BCUT2D eigenvalue weighted by Gasteiger charge is -2.32. The molecule has 0 saturated heterocycles. The lowest BCUT2D eigenvalue weighted by molar-refractivity contribution is 0.232. The first kappa shape index (κ1) is 13.9. The second-order valence-corrected chi connectivity index (χ2v) is 5.77. The van der Waals surface area contributed by atoms with Gasteiger partial charge in [0, 0.05) is 11.4 Å². The van der Waals surface area contributed by atoms with E-state index in [0.29, 0.717) is 11.4 Å². The summed E-state index contributed by atoms with van der Waals surface area (Å²) < 4.78 is 0. The Morgan fingerprint density at radius 2 is 1.63 bits per heavy atom. The van der Waals surface area contributed by atoms with Crippen molar-refractivity contribution >= 4 is 11.6 Å². The minimum atomic E-state index is -0.881. The molecule has 0 unspecified atom stereocenters. The standard InChI is InChI=1S/C16H17ClN2/c17-15-8-6-13(7-9-15)10-16(11-18,12-19)14-4-2-1-3-5-14/h6-9,14H,1-5,10H2. The van der Waals surface area contributed by atoms with Gasteiger partial charge in [0.2, 0.25) is 0 Å². The van der Waals surface area contributed by atoms with Crippen LogP contribution in [0.25, 0.3) is 0 Å². The van der Waals surface area contributed by atoms with Crippen LogP contribution in [-0.2, 0) is 6.42 Å². The van der Waals surface area contributed by atoms with Gasteiger partial charge in [0.25, 0.3) is 0 Å². The highest BCUT2D eigenvalue weighted by molar-refractivity contribution is 6.30. The van der Waals surface area contributed by atoms with Gasteiger partial charge in [-0.1, -0.05) is 43.0 Å². The van der Waals surface area contributed by atoms with Gasteiger partial charge in [-0.15, -0.1) is 0 Å². The van der Waals surface area contributed by atoms with Crippen LogP contribution in [-0.4, -0.2) is 0 Å². The van der Waals surface area contributed by atoms with Crippen LogP contribution in [0.3, 0.4) is 0 Å². The van der Waals surface area contributed by atoms with Crippen molar-refractivity contribution in [3.8, 4) is 12.1 Å². The summed E-state index contributed by atoms with van der Waals surface area (Å²) in [6.07, 6.45) is 5.99. The number of halogens is 1. The molecule has 0 radical (unpaired) electrons. The third-order valence-electron chi connectivity index (χ3n) is 4.10. The number of nitriles is 2. The van der Waals surface area contributed by atoms with Crippen LogP contribution < -0.4 is 0 Å². The summed E-state index contributed by atoms with van der Waals surface area (Å²) in [5, 5.41) is 19.8. The molecule has 0 bridgehead atoms. The monoisotopic (exact) mass is 272 g/mol. The fourth-order valence-corrected chi connectivity index (χ4v) is 3.08. The van der Waals surface area contributed by atoms with Crippen molar-refractivity contribution in [1.29, 1.82) is 10.5 Å². The molecule has 1 aromatic carbocycles. The molecule has 0 N–H and O–H groups in total. The molecule has 1 aliphatic rings. The summed E-state index contributed by atoms with van der Waals surface area (Å²) in [5.74, 6) is 0.201. The van der Waals surface area contributed by atoms with Crippen molar-refractivity contribution in [2.75, 3.05) is 0 Å². The molecule has 0 amide bonds. The van der Waals surface area contributed by atoms with Gasteiger partial charge in [-0.25, -0.2) is 0 Å². The second kappa shape index (κ2) is 6.09. The summed E-state index contributed by atoms with van der Waals surface area (Å²) in [5.41, 5.74) is 0.131. The fraction of sp³-hybridized carbons (Fsp3) is 0.500. The first-order chi connectivity index (χ1) is 9.20. The van der Waals surface area contributed by atoms with Gasteiger partial charge < -0.3 is 0 Å². The first-order valence-corrected chi connectivity index (χ1v) is 7.15. The van der Waals surface area contributed by atoms with E-state index in [4.69, 9.17) is 11.6 Å². The van der Waals surface area contributed by atoms with E-state index in [-0.39, 0.29) is 5.92 Å². The molecular weight excluding hydrogens is 256 g/mol. The summed E-state index contributed by atoms with van der Waals surface area (Å²) >= 11 is 5.87. The molecule has 2 nitrogen and oxygen atoms in total. The van der Waals surface area contributed by atoms with Gasteiger partial charge >= 0.3 is 0 Å². The van der Waals surface area contributed by atoms with E-state index >= 15 is 0 Å². The van der Waals surface area contributed by atoms with E-state index in [9.17, 15) is 10.5 Å². The van der Waals surface area contributed by atoms with Gasteiger partial charge in [0.15, 0.2) is 5.41 Å². The van der Waals surface area contributed by atoms with Crippen LogP contribution in [0, 0.1) is 34.0 Å². The Hall–Kier alpha value is -1.51. The molecule has 19 heavy (non-hydrogen) atoms. The highest BCUT2D eigenvalue weighted by Gasteiger charge is 2.40. The molecule has 0 atom stereocenters. The van der Waals surface area contributed by atoms with Crippen molar-refractivity contribution < 1.29 is 0 Å². The summed E-state index contributed by atoms with van der Waals surface area (Å²) in [7, 11) is 0. The van der Waals surface area contributed by atoms with Gasteiger partial charge in [-0.05, 0) is 36.5 Å². The number of nitrogens with zero attached hydrogens (tertiary/aromatic N) is 2. The molecule has 98 valence electrons. The predicted octanol–water partition coefficient (Wildman–Crippen LogP) is 4.50.